The van der Waals surface area contributed by atoms with Crippen molar-refractivity contribution in [3.63, 3.8) is 0 Å². The van der Waals surface area contributed by atoms with E-state index in [1.165, 1.54) is 43.2 Å². The van der Waals surface area contributed by atoms with Crippen LogP contribution in [0.25, 0.3) is 11.1 Å². The molecule has 2 aromatic rings. The van der Waals surface area contributed by atoms with Crippen LogP contribution in [0.2, 0.25) is 0 Å². The van der Waals surface area contributed by atoms with Crippen molar-refractivity contribution in [2.24, 2.45) is 5.41 Å². The third-order valence-corrected chi connectivity index (χ3v) is 8.47. The van der Waals surface area contributed by atoms with E-state index in [2.05, 4.69) is 35.3 Å². The molecule has 3 heterocycles. The Bertz CT molecular complexity index is 1150. The van der Waals surface area contributed by atoms with Crippen LogP contribution in [0.4, 0.5) is 5.69 Å². The van der Waals surface area contributed by atoms with Gasteiger partial charge in [-0.3, -0.25) is 4.98 Å². The molecule has 1 spiro atoms. The van der Waals surface area contributed by atoms with Gasteiger partial charge < -0.3 is 20.1 Å². The van der Waals surface area contributed by atoms with E-state index in [4.69, 9.17) is 9.72 Å². The molecule has 1 aliphatic carbocycles. The van der Waals surface area contributed by atoms with E-state index < -0.39 is 17.7 Å². The smallest absolute Gasteiger partial charge is 0.337 e. The van der Waals surface area contributed by atoms with Gasteiger partial charge in [-0.05, 0) is 95.4 Å². The largest absolute Gasteiger partial charge is 0.479 e. The highest BCUT2D eigenvalue weighted by molar-refractivity contribution is 5.88. The number of aromatic nitrogens is 1. The summed E-state index contributed by atoms with van der Waals surface area (Å²) in [5.41, 5.74) is 8.21. The first-order chi connectivity index (χ1) is 17.1. The second-order valence-electron chi connectivity index (χ2n) is 12.1. The van der Waals surface area contributed by atoms with Crippen LogP contribution in [0.15, 0.2) is 18.2 Å². The average molecular weight is 492 g/mol. The molecule has 6 nitrogen and oxygen atoms in total. The minimum Gasteiger partial charge on any atom is -0.479 e. The topological polar surface area (TPSA) is 74.7 Å². The number of hydrogen-bond acceptors (Lipinski definition) is 5. The van der Waals surface area contributed by atoms with Gasteiger partial charge in [0, 0.05) is 42.1 Å². The quantitative estimate of drug-likeness (QED) is 0.557. The third kappa shape index (κ3) is 4.78. The summed E-state index contributed by atoms with van der Waals surface area (Å²) in [7, 11) is 0. The first-order valence-electron chi connectivity index (χ1n) is 13.6. The molecule has 0 radical (unpaired) electrons. The van der Waals surface area contributed by atoms with E-state index in [-0.39, 0.29) is 0 Å². The highest BCUT2D eigenvalue weighted by Crippen LogP contribution is 2.51. The third-order valence-electron chi connectivity index (χ3n) is 8.47. The Balaban J connectivity index is 1.68. The summed E-state index contributed by atoms with van der Waals surface area (Å²) in [5, 5.41) is 13.8. The van der Waals surface area contributed by atoms with E-state index in [1.54, 1.807) is 0 Å². The van der Waals surface area contributed by atoms with Crippen LogP contribution in [-0.4, -0.2) is 41.3 Å². The Hall–Kier alpha value is -2.44. The number of ether oxygens (including phenoxy) is 1. The van der Waals surface area contributed by atoms with Gasteiger partial charge in [0.25, 0.3) is 0 Å². The molecule has 1 atom stereocenters. The number of aryl methyl sites for hydroxylation is 2. The SMILES string of the molecule is Cc1nc(C)c([C@H](OC(C)(C)C)C(=O)O)c(N2CCC3(CCC3)CC2)c1-c1ccc2c(c1)CCNC2. The van der Waals surface area contributed by atoms with Gasteiger partial charge in [-0.15, -0.1) is 0 Å². The number of pyridine rings is 1. The number of aliphatic carboxylic acids is 1. The molecule has 0 bridgehead atoms. The first-order valence-corrected chi connectivity index (χ1v) is 13.6. The maximum atomic E-state index is 12.7. The lowest BCUT2D eigenvalue weighted by atomic mass is 9.63. The van der Waals surface area contributed by atoms with Gasteiger partial charge in [-0.2, -0.15) is 0 Å². The van der Waals surface area contributed by atoms with E-state index in [0.29, 0.717) is 11.0 Å². The van der Waals surface area contributed by atoms with Crippen LogP contribution < -0.4 is 10.2 Å². The maximum Gasteiger partial charge on any atom is 0.337 e. The zero-order chi connectivity index (χ0) is 25.7. The molecule has 1 aromatic carbocycles. The lowest BCUT2D eigenvalue weighted by Gasteiger charge is -2.49. The molecule has 1 saturated carbocycles. The van der Waals surface area contributed by atoms with Crippen LogP contribution in [0.1, 0.15) is 87.1 Å². The van der Waals surface area contributed by atoms with Crippen molar-refractivity contribution in [3.05, 3.63) is 46.3 Å². The number of fused-ring (bicyclic) bond motifs is 1. The number of hydrogen-bond donors (Lipinski definition) is 2. The Morgan fingerprint density at radius 1 is 1.11 bits per heavy atom. The molecule has 6 heteroatoms. The van der Waals surface area contributed by atoms with Crippen molar-refractivity contribution >= 4 is 11.7 Å². The fourth-order valence-electron chi connectivity index (χ4n) is 6.43. The number of benzene rings is 1. The molecule has 2 fully saturated rings. The van der Waals surface area contributed by atoms with Gasteiger partial charge in [0.05, 0.1) is 11.3 Å². The molecular weight excluding hydrogens is 450 g/mol. The highest BCUT2D eigenvalue weighted by atomic mass is 16.5. The summed E-state index contributed by atoms with van der Waals surface area (Å²) in [4.78, 5) is 20.0. The number of carboxylic acids is 1. The number of anilines is 1. The first kappa shape index (κ1) is 25.2. The summed E-state index contributed by atoms with van der Waals surface area (Å²) >= 11 is 0. The van der Waals surface area contributed by atoms with Crippen molar-refractivity contribution in [3.8, 4) is 11.1 Å². The van der Waals surface area contributed by atoms with Crippen LogP contribution in [0, 0.1) is 19.3 Å². The predicted molar refractivity (Wildman–Crippen MR) is 144 cm³/mol. The number of piperidine rings is 1. The molecule has 1 saturated heterocycles. The second-order valence-corrected chi connectivity index (χ2v) is 12.1. The number of nitrogens with zero attached hydrogens (tertiary/aromatic N) is 2. The van der Waals surface area contributed by atoms with Gasteiger partial charge in [0.2, 0.25) is 0 Å². The zero-order valence-corrected chi connectivity index (χ0v) is 22.5. The van der Waals surface area contributed by atoms with Crippen molar-refractivity contribution < 1.29 is 14.6 Å². The molecule has 1 aromatic heterocycles. The number of carbonyl (C=O) groups is 1. The Kier molecular flexibility index (Phi) is 6.63. The van der Waals surface area contributed by atoms with E-state index in [0.717, 1.165) is 60.8 Å². The zero-order valence-electron chi connectivity index (χ0n) is 22.5. The molecule has 2 aliphatic heterocycles. The molecular formula is C30H41N3O3. The maximum absolute atomic E-state index is 12.7. The molecule has 0 unspecified atom stereocenters. The van der Waals surface area contributed by atoms with E-state index in [9.17, 15) is 9.90 Å². The van der Waals surface area contributed by atoms with Crippen molar-refractivity contribution in [1.82, 2.24) is 10.3 Å². The summed E-state index contributed by atoms with van der Waals surface area (Å²) in [6.45, 7) is 13.5. The van der Waals surface area contributed by atoms with Gasteiger partial charge in [-0.25, -0.2) is 4.79 Å². The molecule has 194 valence electrons. The van der Waals surface area contributed by atoms with Crippen LogP contribution in [0.3, 0.4) is 0 Å². The summed E-state index contributed by atoms with van der Waals surface area (Å²) in [6, 6.07) is 6.72. The standard InChI is InChI=1S/C30H41N3O3/c1-19-24(22-7-8-23-18-31-14-9-21(23)17-22)26(33-15-12-30(13-16-33)10-6-11-30)25(20(2)32-19)27(28(34)35)36-29(3,4)5/h7-8,17,27,31H,6,9-16,18H2,1-5H3,(H,34,35)/t27-/m0/s1. The molecule has 0 amide bonds. The van der Waals surface area contributed by atoms with Gasteiger partial charge in [0.15, 0.2) is 6.10 Å². The van der Waals surface area contributed by atoms with Crippen molar-refractivity contribution in [2.75, 3.05) is 24.5 Å². The number of nitrogens with one attached hydrogen (secondary N) is 1. The fraction of sp³-hybridized carbons (Fsp3) is 0.600. The monoisotopic (exact) mass is 491 g/mol. The summed E-state index contributed by atoms with van der Waals surface area (Å²) in [6.07, 6.45) is 6.26. The Morgan fingerprint density at radius 3 is 2.44 bits per heavy atom. The van der Waals surface area contributed by atoms with Gasteiger partial charge in [0.1, 0.15) is 0 Å². The Morgan fingerprint density at radius 2 is 1.83 bits per heavy atom. The molecule has 36 heavy (non-hydrogen) atoms. The number of rotatable bonds is 5. The lowest BCUT2D eigenvalue weighted by Crippen LogP contribution is -2.44. The van der Waals surface area contributed by atoms with Gasteiger partial charge in [-0.1, -0.05) is 24.6 Å². The minimum absolute atomic E-state index is 0.501. The van der Waals surface area contributed by atoms with Crippen LogP contribution >= 0.6 is 0 Å². The van der Waals surface area contributed by atoms with Crippen molar-refractivity contribution in [1.29, 1.82) is 0 Å². The van der Waals surface area contributed by atoms with Crippen LogP contribution in [-0.2, 0) is 22.5 Å². The molecule has 3 aliphatic rings. The van der Waals surface area contributed by atoms with E-state index in [1.807, 2.05) is 27.7 Å². The Labute approximate surface area is 215 Å². The predicted octanol–water partition coefficient (Wildman–Crippen LogP) is 5.72. The second kappa shape index (κ2) is 9.46. The van der Waals surface area contributed by atoms with Crippen LogP contribution in [0.5, 0.6) is 0 Å². The number of carboxylic acid groups (broad SMARTS) is 1. The average Bonchev–Trinajstić information content (AvgIpc) is 2.80. The molecule has 2 N–H and O–H groups in total. The molecule has 5 rings (SSSR count). The van der Waals surface area contributed by atoms with Gasteiger partial charge >= 0.3 is 5.97 Å². The van der Waals surface area contributed by atoms with Crippen molar-refractivity contribution in [2.45, 2.75) is 91.4 Å². The summed E-state index contributed by atoms with van der Waals surface area (Å²) in [5.74, 6) is -0.963. The normalized spacial score (nSPS) is 20.1. The minimum atomic E-state index is -1.08. The highest BCUT2D eigenvalue weighted by Gasteiger charge is 2.42. The lowest BCUT2D eigenvalue weighted by molar-refractivity contribution is -0.160. The van der Waals surface area contributed by atoms with E-state index >= 15 is 0 Å². The summed E-state index contributed by atoms with van der Waals surface area (Å²) < 4.78 is 6.22. The fourth-order valence-corrected chi connectivity index (χ4v) is 6.43.